The number of fused-ring (bicyclic) bond motifs is 1. The zero-order chi connectivity index (χ0) is 31.9. The zero-order valence-electron chi connectivity index (χ0n) is 26.1. The molecule has 0 radical (unpaired) electrons. The van der Waals surface area contributed by atoms with Crippen molar-refractivity contribution in [1.82, 2.24) is 24.7 Å². The molecule has 4 heterocycles. The number of aromatic nitrogens is 4. The molecular weight excluding hydrogens is 552 g/mol. The third-order valence-electron chi connectivity index (χ3n) is 6.55. The Labute approximate surface area is 259 Å². The SMILES string of the molecule is CC(C)(C)OO.CNC(C)C(=O)Nc1ccc(-c2c(-c3ccnc(C)c3)nc3cc(C)ccn23)c(C#Cc2ccccc2)n1.[HH]. The molecule has 0 aliphatic rings. The Bertz CT molecular complexity index is 1820. The lowest BCUT2D eigenvalue weighted by Gasteiger charge is -2.13. The summed E-state index contributed by atoms with van der Waals surface area (Å²) in [6.07, 6.45) is 3.81. The van der Waals surface area contributed by atoms with E-state index < -0.39 is 5.60 Å². The number of pyridine rings is 3. The van der Waals surface area contributed by atoms with Crippen LogP contribution in [0.3, 0.4) is 0 Å². The predicted molar refractivity (Wildman–Crippen MR) is 176 cm³/mol. The van der Waals surface area contributed by atoms with Gasteiger partial charge >= 0.3 is 0 Å². The van der Waals surface area contributed by atoms with Crippen molar-refractivity contribution in [2.75, 3.05) is 12.4 Å². The molecule has 0 bridgehead atoms. The second-order valence-electron chi connectivity index (χ2n) is 11.3. The number of aryl methyl sites for hydroxylation is 2. The molecule has 0 saturated carbocycles. The normalized spacial score (nSPS) is 11.6. The first-order valence-corrected chi connectivity index (χ1v) is 14.3. The van der Waals surface area contributed by atoms with Gasteiger partial charge in [-0.1, -0.05) is 24.1 Å². The van der Waals surface area contributed by atoms with Gasteiger partial charge < -0.3 is 10.6 Å². The van der Waals surface area contributed by atoms with Gasteiger partial charge in [-0.15, -0.1) is 0 Å². The summed E-state index contributed by atoms with van der Waals surface area (Å²) in [6.45, 7) is 11.1. The second-order valence-corrected chi connectivity index (χ2v) is 11.3. The van der Waals surface area contributed by atoms with Crippen molar-refractivity contribution in [3.05, 3.63) is 102 Å². The predicted octanol–water partition coefficient (Wildman–Crippen LogP) is 6.54. The Hall–Kier alpha value is -4.88. The van der Waals surface area contributed by atoms with Crippen LogP contribution in [-0.2, 0) is 9.68 Å². The summed E-state index contributed by atoms with van der Waals surface area (Å²) in [5.74, 6) is 6.75. The van der Waals surface area contributed by atoms with Gasteiger partial charge in [0.25, 0.3) is 0 Å². The average Bonchev–Trinajstić information content (AvgIpc) is 3.38. The van der Waals surface area contributed by atoms with Crippen LogP contribution < -0.4 is 10.6 Å². The Morgan fingerprint density at radius 3 is 2.41 bits per heavy atom. The quantitative estimate of drug-likeness (QED) is 0.121. The highest BCUT2D eigenvalue weighted by Crippen LogP contribution is 2.35. The van der Waals surface area contributed by atoms with Gasteiger partial charge in [0.05, 0.1) is 23.0 Å². The molecular formula is C35H40N6O3. The molecule has 1 aromatic carbocycles. The number of likely N-dealkylation sites (N-methyl/N-ethyl adjacent to an activating group) is 1. The van der Waals surface area contributed by atoms with Crippen LogP contribution in [-0.4, -0.2) is 49.2 Å². The summed E-state index contributed by atoms with van der Waals surface area (Å²) in [5.41, 5.74) is 7.31. The summed E-state index contributed by atoms with van der Waals surface area (Å²) in [7, 11) is 1.74. The lowest BCUT2D eigenvalue weighted by Crippen LogP contribution is -2.35. The number of nitrogens with one attached hydrogen (secondary N) is 2. The summed E-state index contributed by atoms with van der Waals surface area (Å²) in [4.78, 5) is 30.7. The zero-order valence-corrected chi connectivity index (χ0v) is 26.1. The van der Waals surface area contributed by atoms with E-state index in [1.165, 1.54) is 0 Å². The van der Waals surface area contributed by atoms with Crippen LogP contribution >= 0.6 is 0 Å². The monoisotopic (exact) mass is 592 g/mol. The highest BCUT2D eigenvalue weighted by molar-refractivity contribution is 5.94. The van der Waals surface area contributed by atoms with Crippen molar-refractivity contribution < 1.29 is 16.4 Å². The molecule has 0 saturated heterocycles. The van der Waals surface area contributed by atoms with E-state index in [2.05, 4.69) is 48.9 Å². The molecule has 0 spiro atoms. The molecule has 4 aromatic heterocycles. The Kier molecular flexibility index (Phi) is 10.2. The minimum Gasteiger partial charge on any atom is -0.309 e. The van der Waals surface area contributed by atoms with Crippen LogP contribution in [0, 0.1) is 25.7 Å². The molecule has 1 amide bonds. The van der Waals surface area contributed by atoms with Crippen molar-refractivity contribution in [1.29, 1.82) is 0 Å². The van der Waals surface area contributed by atoms with Gasteiger partial charge in [-0.25, -0.2) is 14.9 Å². The smallest absolute Gasteiger partial charge is 0.242 e. The number of carbonyl (C=O) groups is 1. The number of amides is 1. The fourth-order valence-electron chi connectivity index (χ4n) is 4.13. The standard InChI is InChI=1S/C31H28N6O.C4H10O2.H2/c1-20-15-17-37-28(18-20)36-29(24-14-16-33-21(2)19-24)30(37)25-11-13-27(35-31(38)22(3)32-4)34-26(25)12-10-23-8-6-5-7-9-23;1-4(2,3)6-5;/h5-9,11,13-19,22,32H,1-4H3,(H,34,35,38);5H,1-3H3;1H. The summed E-state index contributed by atoms with van der Waals surface area (Å²) in [6, 6.07) is 21.2. The maximum Gasteiger partial charge on any atom is 0.242 e. The molecule has 0 fully saturated rings. The lowest BCUT2D eigenvalue weighted by molar-refractivity contribution is -0.306. The van der Waals surface area contributed by atoms with Crippen LogP contribution in [0.25, 0.3) is 28.2 Å². The third kappa shape index (κ3) is 8.14. The van der Waals surface area contributed by atoms with E-state index in [9.17, 15) is 4.79 Å². The number of imidazole rings is 1. The lowest BCUT2D eigenvalue weighted by atomic mass is 10.0. The fourth-order valence-corrected chi connectivity index (χ4v) is 4.13. The fraction of sp³-hybridized carbons (Fsp3) is 0.257. The van der Waals surface area contributed by atoms with Crippen molar-refractivity contribution in [3.63, 3.8) is 0 Å². The van der Waals surface area contributed by atoms with Crippen LogP contribution in [0.2, 0.25) is 0 Å². The molecule has 1 unspecified atom stereocenters. The molecule has 3 N–H and O–H groups in total. The van der Waals surface area contributed by atoms with Crippen LogP contribution in [0.4, 0.5) is 5.82 Å². The van der Waals surface area contributed by atoms with Gasteiger partial charge in [-0.2, -0.15) is 0 Å². The molecule has 5 aromatic rings. The van der Waals surface area contributed by atoms with E-state index in [4.69, 9.17) is 15.2 Å². The van der Waals surface area contributed by atoms with Crippen LogP contribution in [0.1, 0.15) is 51.6 Å². The number of hydrogen-bond acceptors (Lipinski definition) is 7. The summed E-state index contributed by atoms with van der Waals surface area (Å²) >= 11 is 0. The third-order valence-corrected chi connectivity index (χ3v) is 6.55. The van der Waals surface area contributed by atoms with Gasteiger partial charge in [0, 0.05) is 36.2 Å². The van der Waals surface area contributed by atoms with Gasteiger partial charge in [0.2, 0.25) is 5.91 Å². The molecule has 44 heavy (non-hydrogen) atoms. The Balaban J connectivity index is 0.000000720. The van der Waals surface area contributed by atoms with Crippen molar-refractivity contribution in [2.45, 2.75) is 53.2 Å². The number of nitrogens with zero attached hydrogens (tertiary/aromatic N) is 4. The van der Waals surface area contributed by atoms with Gasteiger partial charge in [-0.3, -0.25) is 19.4 Å². The van der Waals surface area contributed by atoms with Gasteiger partial charge in [0.15, 0.2) is 0 Å². The van der Waals surface area contributed by atoms with E-state index in [0.29, 0.717) is 11.5 Å². The van der Waals surface area contributed by atoms with E-state index in [-0.39, 0.29) is 13.4 Å². The minimum absolute atomic E-state index is 0. The van der Waals surface area contributed by atoms with Crippen molar-refractivity contribution in [2.24, 2.45) is 0 Å². The van der Waals surface area contributed by atoms with Crippen LogP contribution in [0.5, 0.6) is 0 Å². The van der Waals surface area contributed by atoms with Gasteiger partial charge in [0.1, 0.15) is 17.2 Å². The second kappa shape index (κ2) is 14.1. The molecule has 5 rings (SSSR count). The van der Waals surface area contributed by atoms with Gasteiger partial charge in [-0.05, 0) is 109 Å². The number of carbonyl (C=O) groups excluding carboxylic acids is 1. The molecule has 0 aliphatic heterocycles. The van der Waals surface area contributed by atoms with E-state index in [1.807, 2.05) is 68.6 Å². The molecule has 0 aliphatic carbocycles. The Morgan fingerprint density at radius 1 is 1.02 bits per heavy atom. The molecule has 9 nitrogen and oxygen atoms in total. The number of rotatable bonds is 5. The number of benzene rings is 1. The summed E-state index contributed by atoms with van der Waals surface area (Å²) < 4.78 is 2.06. The topological polar surface area (TPSA) is 114 Å². The Morgan fingerprint density at radius 2 is 1.75 bits per heavy atom. The average molecular weight is 593 g/mol. The molecule has 228 valence electrons. The highest BCUT2D eigenvalue weighted by atomic mass is 17.1. The van der Waals surface area contributed by atoms with Crippen molar-refractivity contribution >= 4 is 17.4 Å². The van der Waals surface area contributed by atoms with E-state index in [1.54, 1.807) is 47.0 Å². The minimum atomic E-state index is -0.403. The van der Waals surface area contributed by atoms with Crippen molar-refractivity contribution in [3.8, 4) is 34.4 Å². The first-order chi connectivity index (χ1) is 21.0. The molecule has 1 atom stereocenters. The number of anilines is 1. The highest BCUT2D eigenvalue weighted by Gasteiger charge is 2.20. The van der Waals surface area contributed by atoms with E-state index in [0.717, 1.165) is 45.0 Å². The largest absolute Gasteiger partial charge is 0.309 e. The van der Waals surface area contributed by atoms with Crippen LogP contribution in [0.15, 0.2) is 79.1 Å². The summed E-state index contributed by atoms with van der Waals surface area (Å²) in [5, 5.41) is 13.7. The van der Waals surface area contributed by atoms with E-state index >= 15 is 0 Å². The number of hydrogen-bond donors (Lipinski definition) is 3. The first kappa shape index (κ1) is 32.0. The maximum absolute atomic E-state index is 12.6. The maximum atomic E-state index is 12.6. The first-order valence-electron chi connectivity index (χ1n) is 14.3. The molecule has 9 heteroatoms.